The van der Waals surface area contributed by atoms with Crippen LogP contribution in [0.25, 0.3) is 0 Å². The third-order valence-corrected chi connectivity index (χ3v) is 6.08. The highest BCUT2D eigenvalue weighted by atomic mass is 32.2. The average molecular weight is 358 g/mol. The van der Waals surface area contributed by atoms with E-state index in [-0.39, 0.29) is 17.1 Å². The third kappa shape index (κ3) is 4.16. The van der Waals surface area contributed by atoms with E-state index < -0.39 is 17.4 Å². The summed E-state index contributed by atoms with van der Waals surface area (Å²) in [4.78, 5) is 26.2. The number of ether oxygens (including phenoxy) is 1. The zero-order valence-corrected chi connectivity index (χ0v) is 15.1. The van der Waals surface area contributed by atoms with Crippen molar-refractivity contribution in [2.45, 2.75) is 48.3 Å². The molecule has 1 aromatic carbocycles. The number of hydrogen-bond donors (Lipinski definition) is 1. The number of amides is 1. The van der Waals surface area contributed by atoms with Crippen LogP contribution in [0.1, 0.15) is 32.6 Å². The maximum absolute atomic E-state index is 12.7. The first-order chi connectivity index (χ1) is 12.1. The molecule has 0 saturated heterocycles. The minimum atomic E-state index is -0.707. The summed E-state index contributed by atoms with van der Waals surface area (Å²) >= 11 is 1.70. The Bertz CT molecular complexity index is 682. The van der Waals surface area contributed by atoms with Crippen LogP contribution in [0.3, 0.4) is 0 Å². The van der Waals surface area contributed by atoms with E-state index in [1.807, 2.05) is 30.3 Å². The van der Waals surface area contributed by atoms with Crippen LogP contribution < -0.4 is 5.32 Å². The summed E-state index contributed by atoms with van der Waals surface area (Å²) in [5, 5.41) is 12.2. The number of nitrogens with one attached hydrogen (secondary N) is 1. The number of rotatable bonds is 6. The van der Waals surface area contributed by atoms with Gasteiger partial charge in [0, 0.05) is 10.1 Å². The molecule has 2 fully saturated rings. The van der Waals surface area contributed by atoms with E-state index in [9.17, 15) is 14.9 Å². The predicted octanol–water partition coefficient (Wildman–Crippen LogP) is 2.91. The Balaban J connectivity index is 1.70. The molecular weight excluding hydrogens is 336 g/mol. The molecule has 0 spiro atoms. The van der Waals surface area contributed by atoms with Crippen LogP contribution in [-0.2, 0) is 14.3 Å². The Morgan fingerprint density at radius 1 is 1.28 bits per heavy atom. The lowest BCUT2D eigenvalue weighted by Gasteiger charge is -2.19. The van der Waals surface area contributed by atoms with E-state index in [0.717, 1.165) is 4.90 Å². The first kappa shape index (κ1) is 17.8. The Labute approximate surface area is 152 Å². The average Bonchev–Trinajstić information content (AvgIpc) is 3.26. The topological polar surface area (TPSA) is 79.2 Å². The van der Waals surface area contributed by atoms with Crippen LogP contribution >= 0.6 is 11.8 Å². The molecule has 3 atom stereocenters. The van der Waals surface area contributed by atoms with E-state index >= 15 is 0 Å². The lowest BCUT2D eigenvalue weighted by atomic mass is 9.95. The van der Waals surface area contributed by atoms with Crippen LogP contribution in [0.2, 0.25) is 0 Å². The van der Waals surface area contributed by atoms with E-state index in [1.54, 1.807) is 18.7 Å². The maximum atomic E-state index is 12.7. The number of hydrogen-bond acceptors (Lipinski definition) is 5. The molecule has 3 rings (SSSR count). The van der Waals surface area contributed by atoms with E-state index in [4.69, 9.17) is 4.74 Å². The second-order valence-electron chi connectivity index (χ2n) is 6.67. The van der Waals surface area contributed by atoms with Crippen LogP contribution in [-0.4, -0.2) is 29.3 Å². The Kier molecular flexibility index (Phi) is 5.33. The van der Waals surface area contributed by atoms with Gasteiger partial charge < -0.3 is 10.1 Å². The monoisotopic (exact) mass is 358 g/mol. The maximum Gasteiger partial charge on any atom is 0.309 e. The van der Waals surface area contributed by atoms with Gasteiger partial charge in [-0.15, -0.1) is 11.8 Å². The van der Waals surface area contributed by atoms with E-state index in [0.29, 0.717) is 32.3 Å². The fourth-order valence-electron chi connectivity index (χ4n) is 3.30. The SMILES string of the molecule is CCOC(=O)[C@@H]1C[C@H](Sc2ccccc2)C[C@H]1C(=O)NC1(C#N)CC1. The highest BCUT2D eigenvalue weighted by molar-refractivity contribution is 8.00. The number of nitrogens with zero attached hydrogens (tertiary/aromatic N) is 1. The van der Waals surface area contributed by atoms with Crippen molar-refractivity contribution in [2.24, 2.45) is 11.8 Å². The van der Waals surface area contributed by atoms with Crippen LogP contribution in [0.15, 0.2) is 35.2 Å². The number of thioether (sulfide) groups is 1. The molecule has 0 heterocycles. The molecule has 0 unspecified atom stereocenters. The third-order valence-electron chi connectivity index (χ3n) is 4.82. The first-order valence-electron chi connectivity index (χ1n) is 8.68. The lowest BCUT2D eigenvalue weighted by molar-refractivity contribution is -0.151. The van der Waals surface area contributed by atoms with Crippen molar-refractivity contribution >= 4 is 23.6 Å². The van der Waals surface area contributed by atoms with Gasteiger partial charge >= 0.3 is 5.97 Å². The van der Waals surface area contributed by atoms with Crippen LogP contribution in [0.5, 0.6) is 0 Å². The molecule has 25 heavy (non-hydrogen) atoms. The van der Waals surface area contributed by atoms with Gasteiger partial charge in [-0.05, 0) is 44.7 Å². The molecule has 0 bridgehead atoms. The van der Waals surface area contributed by atoms with Gasteiger partial charge in [-0.25, -0.2) is 0 Å². The fraction of sp³-hybridized carbons (Fsp3) is 0.526. The summed E-state index contributed by atoms with van der Waals surface area (Å²) < 4.78 is 5.18. The van der Waals surface area contributed by atoms with E-state index in [1.165, 1.54) is 0 Å². The second-order valence-corrected chi connectivity index (χ2v) is 8.05. The fourth-order valence-corrected chi connectivity index (χ4v) is 4.60. The summed E-state index contributed by atoms with van der Waals surface area (Å²) in [5.74, 6) is -1.35. The molecule has 0 aliphatic heterocycles. The number of esters is 1. The van der Waals surface area contributed by atoms with Crippen molar-refractivity contribution in [3.8, 4) is 6.07 Å². The molecule has 132 valence electrons. The van der Waals surface area contributed by atoms with Crippen LogP contribution in [0, 0.1) is 23.2 Å². The molecule has 2 aliphatic rings. The standard InChI is InChI=1S/C19H22N2O3S/c1-2-24-18(23)16-11-14(25-13-6-4-3-5-7-13)10-15(16)17(22)21-19(12-20)8-9-19/h3-7,14-16H,2,8-11H2,1H3,(H,21,22)/t14-,15-,16-/m1/s1. The first-order valence-corrected chi connectivity index (χ1v) is 9.56. The smallest absolute Gasteiger partial charge is 0.309 e. The van der Waals surface area contributed by atoms with Gasteiger partial charge in [-0.2, -0.15) is 5.26 Å². The zero-order chi connectivity index (χ0) is 17.9. The van der Waals surface area contributed by atoms with Crippen molar-refractivity contribution in [2.75, 3.05) is 6.61 Å². The Morgan fingerprint density at radius 2 is 1.96 bits per heavy atom. The predicted molar refractivity (Wildman–Crippen MR) is 94.7 cm³/mol. The molecule has 2 aliphatic carbocycles. The van der Waals surface area contributed by atoms with Gasteiger partial charge in [-0.3, -0.25) is 9.59 Å². The number of benzene rings is 1. The molecule has 1 N–H and O–H groups in total. The normalized spacial score (nSPS) is 26.5. The van der Waals surface area contributed by atoms with Crippen molar-refractivity contribution in [3.63, 3.8) is 0 Å². The summed E-state index contributed by atoms with van der Waals surface area (Å²) in [6, 6.07) is 12.2. The molecule has 1 amide bonds. The minimum Gasteiger partial charge on any atom is -0.466 e. The van der Waals surface area contributed by atoms with Crippen molar-refractivity contribution in [3.05, 3.63) is 30.3 Å². The van der Waals surface area contributed by atoms with Crippen LogP contribution in [0.4, 0.5) is 0 Å². The second kappa shape index (κ2) is 7.49. The lowest BCUT2D eigenvalue weighted by Crippen LogP contribution is -2.42. The summed E-state index contributed by atoms with van der Waals surface area (Å²) in [7, 11) is 0. The zero-order valence-electron chi connectivity index (χ0n) is 14.2. The minimum absolute atomic E-state index is 0.185. The Morgan fingerprint density at radius 3 is 2.56 bits per heavy atom. The van der Waals surface area contributed by atoms with Crippen molar-refractivity contribution in [1.82, 2.24) is 5.32 Å². The highest BCUT2D eigenvalue weighted by Gasteiger charge is 2.49. The van der Waals surface area contributed by atoms with Crippen molar-refractivity contribution in [1.29, 1.82) is 5.26 Å². The van der Waals surface area contributed by atoms with Gasteiger partial charge in [0.15, 0.2) is 0 Å². The van der Waals surface area contributed by atoms with Gasteiger partial charge in [0.2, 0.25) is 5.91 Å². The molecular formula is C19H22N2O3S. The molecule has 0 aromatic heterocycles. The van der Waals surface area contributed by atoms with Gasteiger partial charge in [0.05, 0.1) is 24.5 Å². The summed E-state index contributed by atoms with van der Waals surface area (Å²) in [6.45, 7) is 2.08. The van der Waals surface area contributed by atoms with Gasteiger partial charge in [-0.1, -0.05) is 18.2 Å². The van der Waals surface area contributed by atoms with E-state index in [2.05, 4.69) is 11.4 Å². The number of carbonyl (C=O) groups is 2. The highest BCUT2D eigenvalue weighted by Crippen LogP contribution is 2.43. The largest absolute Gasteiger partial charge is 0.466 e. The molecule has 6 heteroatoms. The molecule has 1 aromatic rings. The number of nitriles is 1. The Hall–Kier alpha value is -2.00. The quantitative estimate of drug-likeness (QED) is 0.791. The van der Waals surface area contributed by atoms with Gasteiger partial charge in [0.25, 0.3) is 0 Å². The molecule has 0 radical (unpaired) electrons. The summed E-state index contributed by atoms with van der Waals surface area (Å²) in [6.07, 6.45) is 2.62. The summed E-state index contributed by atoms with van der Waals surface area (Å²) in [5.41, 5.74) is -0.707. The van der Waals surface area contributed by atoms with Gasteiger partial charge in [0.1, 0.15) is 5.54 Å². The van der Waals surface area contributed by atoms with Crippen molar-refractivity contribution < 1.29 is 14.3 Å². The number of carbonyl (C=O) groups excluding carboxylic acids is 2. The molecule has 5 nitrogen and oxygen atoms in total. The molecule has 2 saturated carbocycles.